The number of aliphatic hydroxyl groups excluding tert-OH is 2. The summed E-state index contributed by atoms with van der Waals surface area (Å²) in [6.45, 7) is 13.0. The Labute approximate surface area is 446 Å². The van der Waals surface area contributed by atoms with Gasteiger partial charge in [-0.1, -0.05) is 137 Å². The van der Waals surface area contributed by atoms with Gasteiger partial charge < -0.3 is 38.7 Å². The highest BCUT2D eigenvalue weighted by Gasteiger charge is 2.66. The smallest absolute Gasteiger partial charge is 0.410 e. The molecule has 0 spiro atoms. The van der Waals surface area contributed by atoms with Crippen LogP contribution in [0.15, 0.2) is 108 Å². The average Bonchev–Trinajstić information content (AvgIpc) is 3.41. The molecule has 3 aliphatic rings. The fourth-order valence-corrected chi connectivity index (χ4v) is 11.7. The number of unbranched alkanes of at least 4 members (excludes halogenated alkanes) is 11. The lowest BCUT2D eigenvalue weighted by Gasteiger charge is -2.60. The van der Waals surface area contributed by atoms with Crippen molar-refractivity contribution in [3.05, 3.63) is 120 Å². The van der Waals surface area contributed by atoms with Crippen LogP contribution in [0.5, 0.6) is 23.0 Å². The van der Waals surface area contributed by atoms with Crippen LogP contribution in [0.2, 0.25) is 0 Å². The lowest BCUT2D eigenvalue weighted by atomic mass is 9.55. The third kappa shape index (κ3) is 14.4. The van der Waals surface area contributed by atoms with Crippen LogP contribution in [0.3, 0.4) is 0 Å². The fraction of sp³-hybridized carbons (Fsp3) is 0.540. The maximum Gasteiger partial charge on any atom is 0.410 e. The lowest BCUT2D eigenvalue weighted by Crippen LogP contribution is -2.70. The van der Waals surface area contributed by atoms with Crippen LogP contribution in [0.4, 0.5) is 4.79 Å². The molecule has 1 aliphatic heterocycles. The molecule has 406 valence electrons. The first-order chi connectivity index (χ1) is 36.5. The Hall–Kier alpha value is -5.69. The van der Waals surface area contributed by atoms with Gasteiger partial charge in [0.2, 0.25) is 5.79 Å². The van der Waals surface area contributed by atoms with Gasteiger partial charge in [0.1, 0.15) is 34.6 Å². The van der Waals surface area contributed by atoms with Gasteiger partial charge >= 0.3 is 6.09 Å². The number of rotatable bonds is 30. The van der Waals surface area contributed by atoms with Crippen molar-refractivity contribution < 1.29 is 48.3 Å². The fourth-order valence-electron chi connectivity index (χ4n) is 11.7. The van der Waals surface area contributed by atoms with Crippen molar-refractivity contribution in [1.29, 1.82) is 0 Å². The Kier molecular flexibility index (Phi) is 21.2. The zero-order valence-corrected chi connectivity index (χ0v) is 45.4. The number of aldehydes is 1. The summed E-state index contributed by atoms with van der Waals surface area (Å²) in [6.07, 6.45) is 20.7. The number of hydrogen-bond donors (Lipinski definition) is 2. The molecule has 0 radical (unpaired) electrons. The topological polar surface area (TPSA) is 146 Å². The van der Waals surface area contributed by atoms with Gasteiger partial charge in [0.15, 0.2) is 6.29 Å². The van der Waals surface area contributed by atoms with E-state index in [1.54, 1.807) is 24.3 Å². The molecular weight excluding hydrogens is 945 g/mol. The number of amides is 1. The van der Waals surface area contributed by atoms with E-state index < -0.39 is 29.4 Å². The van der Waals surface area contributed by atoms with E-state index in [1.165, 1.54) is 52.1 Å². The van der Waals surface area contributed by atoms with Gasteiger partial charge in [-0.05, 0) is 123 Å². The summed E-state index contributed by atoms with van der Waals surface area (Å²) in [5.41, 5.74) is 3.23. The highest BCUT2D eigenvalue weighted by molar-refractivity contribution is 6.03. The molecule has 12 nitrogen and oxygen atoms in total. The van der Waals surface area contributed by atoms with Crippen molar-refractivity contribution in [3.8, 4) is 23.0 Å². The molecule has 1 amide bonds. The Morgan fingerprint density at radius 1 is 0.853 bits per heavy atom. The van der Waals surface area contributed by atoms with E-state index in [2.05, 4.69) is 43.8 Å². The summed E-state index contributed by atoms with van der Waals surface area (Å²) in [7, 11) is 1.53. The number of allylic oxidation sites excluding steroid dienone is 1. The number of hydrogen-bond acceptors (Lipinski definition) is 11. The van der Waals surface area contributed by atoms with E-state index in [0.717, 1.165) is 78.7 Å². The van der Waals surface area contributed by atoms with E-state index in [9.17, 15) is 15.0 Å². The maximum absolute atomic E-state index is 15.4. The van der Waals surface area contributed by atoms with Crippen molar-refractivity contribution in [2.75, 3.05) is 33.5 Å². The van der Waals surface area contributed by atoms with Crippen LogP contribution in [0.1, 0.15) is 164 Å². The first-order valence-electron chi connectivity index (χ1n) is 28.0. The van der Waals surface area contributed by atoms with E-state index >= 15 is 4.79 Å². The SMILES string of the molecule is C=CCOC12Oc3ccc(Oc4ccc(OC)c(C=O)c4)cc3C3C(CCCCO)C(CCCCO)C=C(C(=NOC(C)(C)C)CC1N(Cc1cccc4ccccc14)C(=O)OCCCCCCCCCCCC)C32. The summed E-state index contributed by atoms with van der Waals surface area (Å²) in [5, 5.41) is 27.4. The van der Waals surface area contributed by atoms with Gasteiger partial charge in [-0.25, -0.2) is 4.79 Å². The second-order valence-electron chi connectivity index (χ2n) is 21.7. The second kappa shape index (κ2) is 27.9. The standard InChI is InChI=1S/C63H84N2O10/c1-7-9-10-11-12-13-14-15-16-23-38-71-61(69)65(43-47-28-24-27-45-25-17-18-29-51(45)47)58-42-55(64-75-62(3,4)5)53-40-46(26-19-21-35-66)52(30-20-22-36-67)59-54-41-50(73-49-31-33-56(70-6)48(39-49)44-68)32-34-57(54)74-63(58,60(53)59)72-37-8-2/h8,17-18,24-25,27-29,31-34,39-41,44,46,52,58-60,66-67H,2,7,9-16,19-23,26,30,35-38,42-43H2,1,3-6H3. The first-order valence-corrected chi connectivity index (χ1v) is 28.0. The number of oxime groups is 1. The summed E-state index contributed by atoms with van der Waals surface area (Å²) in [4.78, 5) is 35.7. The average molecular weight is 1030 g/mol. The minimum Gasteiger partial charge on any atom is -0.496 e. The number of methoxy groups -OCH3 is 1. The molecule has 12 heteroatoms. The molecule has 6 atom stereocenters. The summed E-state index contributed by atoms with van der Waals surface area (Å²) < 4.78 is 33.3. The van der Waals surface area contributed by atoms with Crippen LogP contribution < -0.4 is 14.2 Å². The van der Waals surface area contributed by atoms with Gasteiger partial charge in [-0.2, -0.15) is 0 Å². The Morgan fingerprint density at radius 3 is 2.25 bits per heavy atom. The summed E-state index contributed by atoms with van der Waals surface area (Å²) in [5.74, 6) is -0.237. The summed E-state index contributed by atoms with van der Waals surface area (Å²) in [6, 6.07) is 24.6. The van der Waals surface area contributed by atoms with Crippen molar-refractivity contribution >= 4 is 28.9 Å². The van der Waals surface area contributed by atoms with Crippen LogP contribution in [-0.4, -0.2) is 84.2 Å². The molecule has 0 saturated heterocycles. The predicted molar refractivity (Wildman–Crippen MR) is 297 cm³/mol. The number of nitrogens with zero attached hydrogens (tertiary/aromatic N) is 2. The van der Waals surface area contributed by atoms with E-state index in [0.29, 0.717) is 47.1 Å². The minimum absolute atomic E-state index is 0.00500. The number of aliphatic hydroxyl groups is 2. The van der Waals surface area contributed by atoms with Gasteiger partial charge in [0, 0.05) is 31.1 Å². The molecule has 2 aliphatic carbocycles. The minimum atomic E-state index is -1.50. The molecule has 2 N–H and O–H groups in total. The van der Waals surface area contributed by atoms with Crippen molar-refractivity contribution in [3.63, 3.8) is 0 Å². The number of ether oxygens (including phenoxy) is 5. The highest BCUT2D eigenvalue weighted by atomic mass is 16.7. The van der Waals surface area contributed by atoms with Crippen LogP contribution in [-0.2, 0) is 20.9 Å². The predicted octanol–water partition coefficient (Wildman–Crippen LogP) is 14.4. The van der Waals surface area contributed by atoms with E-state index in [-0.39, 0.29) is 57.1 Å². The molecule has 6 unspecified atom stereocenters. The van der Waals surface area contributed by atoms with Crippen LogP contribution >= 0.6 is 0 Å². The molecule has 0 bridgehead atoms. The molecule has 1 fully saturated rings. The third-order valence-corrected chi connectivity index (χ3v) is 15.2. The van der Waals surface area contributed by atoms with Gasteiger partial charge in [0.05, 0.1) is 44.1 Å². The largest absolute Gasteiger partial charge is 0.496 e. The quantitative estimate of drug-likeness (QED) is 0.0224. The zero-order chi connectivity index (χ0) is 53.2. The normalized spacial score (nSPS) is 21.3. The number of benzene rings is 4. The summed E-state index contributed by atoms with van der Waals surface area (Å²) >= 11 is 0. The van der Waals surface area contributed by atoms with Crippen molar-refractivity contribution in [2.45, 2.75) is 167 Å². The molecule has 1 saturated carbocycles. The first kappa shape index (κ1) is 57.0. The molecule has 4 aromatic carbocycles. The monoisotopic (exact) mass is 1030 g/mol. The number of fused-ring (bicyclic) bond motifs is 3. The van der Waals surface area contributed by atoms with Gasteiger partial charge in [-0.15, -0.1) is 6.58 Å². The molecular formula is C63H84N2O10. The Balaban J connectivity index is 1.38. The zero-order valence-electron chi connectivity index (χ0n) is 45.4. The van der Waals surface area contributed by atoms with Crippen molar-refractivity contribution in [1.82, 2.24) is 4.90 Å². The molecule has 75 heavy (non-hydrogen) atoms. The lowest BCUT2D eigenvalue weighted by molar-refractivity contribution is -0.256. The van der Waals surface area contributed by atoms with Crippen LogP contribution in [0.25, 0.3) is 10.8 Å². The molecule has 7 rings (SSSR count). The number of carbonyl (C=O) groups is 2. The Bertz CT molecular complexity index is 2540. The second-order valence-corrected chi connectivity index (χ2v) is 21.7. The van der Waals surface area contributed by atoms with Crippen molar-refractivity contribution in [2.24, 2.45) is 22.9 Å². The molecule has 1 heterocycles. The van der Waals surface area contributed by atoms with Gasteiger partial charge in [0.25, 0.3) is 0 Å². The molecule has 4 aromatic rings. The van der Waals surface area contributed by atoms with Crippen LogP contribution in [0, 0.1) is 17.8 Å². The third-order valence-electron chi connectivity index (χ3n) is 15.2. The van der Waals surface area contributed by atoms with E-state index in [4.69, 9.17) is 33.7 Å². The Morgan fingerprint density at radius 2 is 1.55 bits per heavy atom. The maximum atomic E-state index is 15.4. The number of carbonyl (C=O) groups excluding carboxylic acids is 2. The van der Waals surface area contributed by atoms with Gasteiger partial charge in [-0.3, -0.25) is 9.69 Å². The molecule has 0 aromatic heterocycles. The van der Waals surface area contributed by atoms with E-state index in [1.807, 2.05) is 62.1 Å². The highest BCUT2D eigenvalue weighted by Crippen LogP contribution is 2.62.